The lowest BCUT2D eigenvalue weighted by Gasteiger charge is -2.18. The normalized spacial score (nSPS) is 20.2. The van der Waals surface area contributed by atoms with Crippen molar-refractivity contribution >= 4 is 21.3 Å². The zero-order valence-corrected chi connectivity index (χ0v) is 10.6. The number of nitrogens with two attached hydrogens (primary N) is 1. The standard InChI is InChI=1S/C11H14N4O2S/c12-9-2-1-3-10-13-11(14-15(9)10)8-4-6-18(16,17)7-5-8/h1-3,8H,4-7,12H2. The van der Waals surface area contributed by atoms with E-state index >= 15 is 0 Å². The number of sulfone groups is 1. The van der Waals surface area contributed by atoms with Gasteiger partial charge in [-0.05, 0) is 25.0 Å². The topological polar surface area (TPSA) is 90.3 Å². The number of nitrogen functional groups attached to an aromatic ring is 1. The first-order valence-electron chi connectivity index (χ1n) is 5.87. The van der Waals surface area contributed by atoms with Gasteiger partial charge in [0.1, 0.15) is 15.7 Å². The van der Waals surface area contributed by atoms with Gasteiger partial charge in [-0.3, -0.25) is 0 Å². The Bertz CT molecular complexity index is 678. The highest BCUT2D eigenvalue weighted by Gasteiger charge is 2.27. The molecule has 0 unspecified atom stereocenters. The minimum absolute atomic E-state index is 0.118. The van der Waals surface area contributed by atoms with Gasteiger partial charge in [0.15, 0.2) is 11.5 Å². The van der Waals surface area contributed by atoms with Crippen molar-refractivity contribution in [3.05, 3.63) is 24.0 Å². The van der Waals surface area contributed by atoms with Crippen LogP contribution >= 0.6 is 0 Å². The molecule has 2 N–H and O–H groups in total. The molecule has 0 aliphatic carbocycles. The molecule has 0 saturated carbocycles. The smallest absolute Gasteiger partial charge is 0.157 e. The Hall–Kier alpha value is -1.63. The first kappa shape index (κ1) is 11.5. The van der Waals surface area contributed by atoms with Crippen LogP contribution in [0.15, 0.2) is 18.2 Å². The minimum Gasteiger partial charge on any atom is -0.384 e. The average Bonchev–Trinajstić information content (AvgIpc) is 2.74. The van der Waals surface area contributed by atoms with E-state index in [9.17, 15) is 8.42 Å². The number of hydrogen-bond donors (Lipinski definition) is 1. The number of rotatable bonds is 1. The van der Waals surface area contributed by atoms with Crippen molar-refractivity contribution in [1.29, 1.82) is 0 Å². The lowest BCUT2D eigenvalue weighted by Crippen LogP contribution is -2.22. The molecule has 7 heteroatoms. The highest BCUT2D eigenvalue weighted by atomic mass is 32.2. The first-order chi connectivity index (χ1) is 8.55. The number of aromatic nitrogens is 3. The maximum atomic E-state index is 11.4. The molecule has 1 aliphatic rings. The summed E-state index contributed by atoms with van der Waals surface area (Å²) in [6, 6.07) is 5.43. The van der Waals surface area contributed by atoms with Gasteiger partial charge in [0, 0.05) is 5.92 Å². The molecule has 6 nitrogen and oxygen atoms in total. The molecule has 0 amide bonds. The molecule has 0 aromatic carbocycles. The molecular formula is C11H14N4O2S. The Morgan fingerprint density at radius 2 is 2.00 bits per heavy atom. The number of nitrogens with zero attached hydrogens (tertiary/aromatic N) is 3. The summed E-state index contributed by atoms with van der Waals surface area (Å²) in [6.07, 6.45) is 1.19. The van der Waals surface area contributed by atoms with Crippen molar-refractivity contribution in [3.8, 4) is 0 Å². The van der Waals surface area contributed by atoms with E-state index in [0.29, 0.717) is 30.1 Å². The lowest BCUT2D eigenvalue weighted by atomic mass is 10.0. The van der Waals surface area contributed by atoms with Crippen LogP contribution in [-0.2, 0) is 9.84 Å². The molecule has 0 atom stereocenters. The average molecular weight is 266 g/mol. The third-order valence-electron chi connectivity index (χ3n) is 3.33. The van der Waals surface area contributed by atoms with Gasteiger partial charge >= 0.3 is 0 Å². The van der Waals surface area contributed by atoms with Crippen molar-refractivity contribution < 1.29 is 8.42 Å². The fourth-order valence-corrected chi connectivity index (χ4v) is 3.75. The van der Waals surface area contributed by atoms with Gasteiger partial charge in [0.2, 0.25) is 0 Å². The molecular weight excluding hydrogens is 252 g/mol. The van der Waals surface area contributed by atoms with Crippen molar-refractivity contribution in [3.63, 3.8) is 0 Å². The van der Waals surface area contributed by atoms with E-state index in [-0.39, 0.29) is 17.4 Å². The van der Waals surface area contributed by atoms with Gasteiger partial charge in [-0.2, -0.15) is 4.52 Å². The summed E-state index contributed by atoms with van der Waals surface area (Å²) in [5.41, 5.74) is 6.51. The third-order valence-corrected chi connectivity index (χ3v) is 5.04. The zero-order chi connectivity index (χ0) is 12.8. The molecule has 2 aromatic rings. The second-order valence-electron chi connectivity index (χ2n) is 4.62. The van der Waals surface area contributed by atoms with Crippen LogP contribution in [0.5, 0.6) is 0 Å². The van der Waals surface area contributed by atoms with Crippen LogP contribution in [-0.4, -0.2) is 34.5 Å². The zero-order valence-electron chi connectivity index (χ0n) is 9.78. The van der Waals surface area contributed by atoms with Crippen LogP contribution < -0.4 is 5.73 Å². The van der Waals surface area contributed by atoms with Gasteiger partial charge < -0.3 is 5.73 Å². The van der Waals surface area contributed by atoms with Gasteiger partial charge in [0.05, 0.1) is 11.5 Å². The fraction of sp³-hybridized carbons (Fsp3) is 0.455. The van der Waals surface area contributed by atoms with E-state index in [2.05, 4.69) is 10.1 Å². The summed E-state index contributed by atoms with van der Waals surface area (Å²) in [4.78, 5) is 4.42. The van der Waals surface area contributed by atoms with Crippen molar-refractivity contribution in [2.75, 3.05) is 17.2 Å². The van der Waals surface area contributed by atoms with E-state index < -0.39 is 9.84 Å². The lowest BCUT2D eigenvalue weighted by molar-refractivity contribution is 0.537. The second-order valence-corrected chi connectivity index (χ2v) is 6.92. The van der Waals surface area contributed by atoms with Gasteiger partial charge in [0.25, 0.3) is 0 Å². The van der Waals surface area contributed by atoms with Crippen LogP contribution in [0.1, 0.15) is 24.6 Å². The highest BCUT2D eigenvalue weighted by Crippen LogP contribution is 2.27. The Kier molecular flexibility index (Phi) is 2.51. The number of pyridine rings is 1. The summed E-state index contributed by atoms with van der Waals surface area (Å²) in [5, 5.41) is 4.37. The Morgan fingerprint density at radius 1 is 1.28 bits per heavy atom. The molecule has 96 valence electrons. The van der Waals surface area contributed by atoms with E-state index in [0.717, 1.165) is 0 Å². The van der Waals surface area contributed by atoms with Crippen molar-refractivity contribution in [1.82, 2.24) is 14.6 Å². The quantitative estimate of drug-likeness (QED) is 0.816. The Morgan fingerprint density at radius 3 is 2.67 bits per heavy atom. The van der Waals surface area contributed by atoms with E-state index in [4.69, 9.17) is 5.73 Å². The number of hydrogen-bond acceptors (Lipinski definition) is 5. The van der Waals surface area contributed by atoms with E-state index in [1.54, 1.807) is 10.6 Å². The number of fused-ring (bicyclic) bond motifs is 1. The molecule has 2 aromatic heterocycles. The Labute approximate surface area is 105 Å². The van der Waals surface area contributed by atoms with Crippen LogP contribution in [0.2, 0.25) is 0 Å². The molecule has 1 fully saturated rings. The summed E-state index contributed by atoms with van der Waals surface area (Å²) in [5.74, 6) is 1.80. The summed E-state index contributed by atoms with van der Waals surface area (Å²) in [7, 11) is -2.85. The Balaban J connectivity index is 1.94. The molecule has 1 aliphatic heterocycles. The number of anilines is 1. The summed E-state index contributed by atoms with van der Waals surface area (Å²) >= 11 is 0. The molecule has 3 heterocycles. The first-order valence-corrected chi connectivity index (χ1v) is 7.69. The predicted molar refractivity (Wildman–Crippen MR) is 68.0 cm³/mol. The monoisotopic (exact) mass is 266 g/mol. The molecule has 18 heavy (non-hydrogen) atoms. The predicted octanol–water partition coefficient (Wildman–Crippen LogP) is 0.604. The summed E-state index contributed by atoms with van der Waals surface area (Å²) < 4.78 is 24.4. The van der Waals surface area contributed by atoms with Crippen molar-refractivity contribution in [2.45, 2.75) is 18.8 Å². The van der Waals surface area contributed by atoms with Crippen LogP contribution in [0.3, 0.4) is 0 Å². The highest BCUT2D eigenvalue weighted by molar-refractivity contribution is 7.91. The molecule has 0 spiro atoms. The maximum absolute atomic E-state index is 11.4. The molecule has 1 saturated heterocycles. The summed E-state index contributed by atoms with van der Waals surface area (Å²) in [6.45, 7) is 0. The maximum Gasteiger partial charge on any atom is 0.157 e. The fourth-order valence-electron chi connectivity index (χ4n) is 2.26. The SMILES string of the molecule is Nc1cccc2nc(C3CCS(=O)(=O)CC3)nn12. The molecule has 0 bridgehead atoms. The van der Waals surface area contributed by atoms with Crippen LogP contribution in [0.4, 0.5) is 5.82 Å². The van der Waals surface area contributed by atoms with Crippen LogP contribution in [0.25, 0.3) is 5.65 Å². The van der Waals surface area contributed by atoms with Gasteiger partial charge in [-0.1, -0.05) is 6.07 Å². The minimum atomic E-state index is -2.85. The largest absolute Gasteiger partial charge is 0.384 e. The molecule has 3 rings (SSSR count). The van der Waals surface area contributed by atoms with Crippen molar-refractivity contribution in [2.24, 2.45) is 0 Å². The third kappa shape index (κ3) is 1.94. The second kappa shape index (κ2) is 3.94. The molecule has 0 radical (unpaired) electrons. The van der Waals surface area contributed by atoms with E-state index in [1.165, 1.54) is 0 Å². The van der Waals surface area contributed by atoms with Gasteiger partial charge in [-0.15, -0.1) is 5.10 Å². The van der Waals surface area contributed by atoms with Gasteiger partial charge in [-0.25, -0.2) is 13.4 Å². The van der Waals surface area contributed by atoms with Crippen LogP contribution in [0, 0.1) is 0 Å². The van der Waals surface area contributed by atoms with E-state index in [1.807, 2.05) is 12.1 Å².